The molecule has 1 heterocycles. The average molecular weight is 434 g/mol. The van der Waals surface area contributed by atoms with Crippen molar-refractivity contribution in [2.75, 3.05) is 5.32 Å². The van der Waals surface area contributed by atoms with E-state index in [0.29, 0.717) is 36.1 Å². The number of carbonyl (C=O) groups excluding carboxylic acids is 1. The van der Waals surface area contributed by atoms with E-state index >= 15 is 0 Å². The van der Waals surface area contributed by atoms with Crippen LogP contribution in [0.4, 0.5) is 5.69 Å². The first kappa shape index (κ1) is 22.9. The summed E-state index contributed by atoms with van der Waals surface area (Å²) >= 11 is 6.01. The lowest BCUT2D eigenvalue weighted by Crippen LogP contribution is -2.39. The molecule has 0 aliphatic rings. The molecule has 6 nitrogen and oxygen atoms in total. The molecule has 29 heavy (non-hydrogen) atoms. The van der Waals surface area contributed by atoms with E-state index < -0.39 is 5.41 Å². The van der Waals surface area contributed by atoms with Gasteiger partial charge in [0.1, 0.15) is 5.82 Å². The fourth-order valence-corrected chi connectivity index (χ4v) is 3.47. The summed E-state index contributed by atoms with van der Waals surface area (Å²) in [5.74, 6) is 1.18. The largest absolute Gasteiger partial charge is 0.325 e. The van der Waals surface area contributed by atoms with Crippen molar-refractivity contribution >= 4 is 35.6 Å². The van der Waals surface area contributed by atoms with E-state index in [2.05, 4.69) is 20.5 Å². The number of aromatic nitrogens is 3. The lowest BCUT2D eigenvalue weighted by molar-refractivity contribution is -0.121. The van der Waals surface area contributed by atoms with Crippen molar-refractivity contribution < 1.29 is 4.79 Å². The monoisotopic (exact) mass is 433 g/mol. The number of H-pyrrole nitrogens is 1. The van der Waals surface area contributed by atoms with Crippen molar-refractivity contribution in [2.24, 2.45) is 5.73 Å². The summed E-state index contributed by atoms with van der Waals surface area (Å²) in [5.41, 5.74) is 7.49. The number of amides is 1. The molecule has 0 aliphatic carbocycles. The molecule has 3 rings (SSSR count). The zero-order valence-electron chi connectivity index (χ0n) is 16.4. The molecule has 4 N–H and O–H groups in total. The highest BCUT2D eigenvalue weighted by atomic mass is 35.5. The Balaban J connectivity index is 0.00000300. The first-order valence-electron chi connectivity index (χ1n) is 9.31. The Morgan fingerprint density at radius 2 is 1.72 bits per heavy atom. The maximum atomic E-state index is 13.2. The van der Waals surface area contributed by atoms with Gasteiger partial charge in [-0.3, -0.25) is 9.89 Å². The molecule has 1 aromatic heterocycles. The summed E-state index contributed by atoms with van der Waals surface area (Å²) in [6, 6.07) is 15.0. The molecule has 0 fully saturated rings. The second-order valence-corrected chi connectivity index (χ2v) is 7.07. The van der Waals surface area contributed by atoms with E-state index in [-0.39, 0.29) is 18.3 Å². The number of aromatic amines is 1. The van der Waals surface area contributed by atoms with Gasteiger partial charge < -0.3 is 11.1 Å². The minimum absolute atomic E-state index is 0. The van der Waals surface area contributed by atoms with E-state index in [1.165, 1.54) is 0 Å². The molecule has 2 aromatic carbocycles. The van der Waals surface area contributed by atoms with Gasteiger partial charge in [0.05, 0.1) is 12.0 Å². The SMILES string of the molecule is CCC(CC)(C(=O)Nc1ccc(-c2n[nH]c(CN)n2)cc1)c1ccc(Cl)cc1.Cl. The van der Waals surface area contributed by atoms with Crippen LogP contribution in [-0.4, -0.2) is 21.1 Å². The number of rotatable bonds is 7. The predicted molar refractivity (Wildman–Crippen MR) is 119 cm³/mol. The van der Waals surface area contributed by atoms with Gasteiger partial charge in [0.2, 0.25) is 5.91 Å². The minimum Gasteiger partial charge on any atom is -0.325 e. The van der Waals surface area contributed by atoms with E-state index in [4.69, 9.17) is 17.3 Å². The molecule has 0 radical (unpaired) electrons. The van der Waals surface area contributed by atoms with Crippen LogP contribution in [0.3, 0.4) is 0 Å². The highest BCUT2D eigenvalue weighted by Gasteiger charge is 2.36. The lowest BCUT2D eigenvalue weighted by atomic mass is 9.75. The van der Waals surface area contributed by atoms with Crippen LogP contribution >= 0.6 is 24.0 Å². The molecule has 0 atom stereocenters. The van der Waals surface area contributed by atoms with Gasteiger partial charge in [-0.1, -0.05) is 37.6 Å². The van der Waals surface area contributed by atoms with Crippen molar-refractivity contribution in [1.29, 1.82) is 0 Å². The molecule has 0 aliphatic heterocycles. The second-order valence-electron chi connectivity index (χ2n) is 6.64. The molecule has 1 amide bonds. The number of nitrogens with one attached hydrogen (secondary N) is 2. The van der Waals surface area contributed by atoms with Crippen molar-refractivity contribution in [1.82, 2.24) is 15.2 Å². The number of nitrogens with two attached hydrogens (primary N) is 1. The second kappa shape index (κ2) is 9.87. The van der Waals surface area contributed by atoms with Crippen LogP contribution < -0.4 is 11.1 Å². The van der Waals surface area contributed by atoms with Crippen molar-refractivity contribution in [3.05, 3.63) is 64.9 Å². The quantitative estimate of drug-likeness (QED) is 0.502. The summed E-state index contributed by atoms with van der Waals surface area (Å²) in [6.45, 7) is 4.36. The Morgan fingerprint density at radius 1 is 1.10 bits per heavy atom. The molecule has 0 saturated carbocycles. The third-order valence-corrected chi connectivity index (χ3v) is 5.42. The molecule has 0 spiro atoms. The summed E-state index contributed by atoms with van der Waals surface area (Å²) in [4.78, 5) is 17.5. The minimum atomic E-state index is -0.608. The van der Waals surface area contributed by atoms with Crippen LogP contribution in [0.2, 0.25) is 5.02 Å². The van der Waals surface area contributed by atoms with Crippen LogP contribution in [0.5, 0.6) is 0 Å². The maximum absolute atomic E-state index is 13.2. The highest BCUT2D eigenvalue weighted by molar-refractivity contribution is 6.30. The third kappa shape index (κ3) is 4.78. The zero-order chi connectivity index (χ0) is 20.1. The van der Waals surface area contributed by atoms with Crippen LogP contribution in [0.25, 0.3) is 11.4 Å². The van der Waals surface area contributed by atoms with Gasteiger partial charge in [-0.05, 0) is 54.8 Å². The molecular weight excluding hydrogens is 409 g/mol. The number of carbonyl (C=O) groups is 1. The van der Waals surface area contributed by atoms with Gasteiger partial charge >= 0.3 is 0 Å². The maximum Gasteiger partial charge on any atom is 0.235 e. The zero-order valence-corrected chi connectivity index (χ0v) is 18.0. The molecule has 0 unspecified atom stereocenters. The molecule has 3 aromatic rings. The summed E-state index contributed by atoms with van der Waals surface area (Å²) in [6.07, 6.45) is 1.38. The van der Waals surface area contributed by atoms with Crippen LogP contribution in [-0.2, 0) is 16.8 Å². The highest BCUT2D eigenvalue weighted by Crippen LogP contribution is 2.34. The average Bonchev–Trinajstić information content (AvgIpc) is 3.20. The van der Waals surface area contributed by atoms with Crippen molar-refractivity contribution in [2.45, 2.75) is 38.6 Å². The molecular formula is C21H25Cl2N5O. The standard InChI is InChI=1S/C21H24ClN5O.ClH/c1-3-21(4-2,15-7-9-16(22)10-8-15)20(28)24-17-11-5-14(6-12-17)19-25-18(13-23)26-27-19;/h5-12H,3-4,13,23H2,1-2H3,(H,24,28)(H,25,26,27);1H. The fraction of sp³-hybridized carbons (Fsp3) is 0.286. The summed E-state index contributed by atoms with van der Waals surface area (Å²) in [7, 11) is 0. The van der Waals surface area contributed by atoms with Gasteiger partial charge in [-0.15, -0.1) is 12.4 Å². The first-order valence-corrected chi connectivity index (χ1v) is 9.69. The van der Waals surface area contributed by atoms with Gasteiger partial charge in [-0.25, -0.2) is 4.98 Å². The Hall–Kier alpha value is -2.41. The number of hydrogen-bond donors (Lipinski definition) is 3. The Labute approximate surface area is 181 Å². The Bertz CT molecular complexity index is 934. The summed E-state index contributed by atoms with van der Waals surface area (Å²) in [5, 5.41) is 10.6. The van der Waals surface area contributed by atoms with E-state index in [9.17, 15) is 4.79 Å². The summed E-state index contributed by atoms with van der Waals surface area (Å²) < 4.78 is 0. The Morgan fingerprint density at radius 3 is 2.24 bits per heavy atom. The van der Waals surface area contributed by atoms with E-state index in [1.807, 2.05) is 62.4 Å². The van der Waals surface area contributed by atoms with Crippen LogP contribution in [0.1, 0.15) is 38.1 Å². The van der Waals surface area contributed by atoms with Crippen molar-refractivity contribution in [3.8, 4) is 11.4 Å². The molecule has 0 saturated heterocycles. The number of hydrogen-bond acceptors (Lipinski definition) is 4. The number of benzene rings is 2. The number of nitrogens with zero attached hydrogens (tertiary/aromatic N) is 2. The van der Waals surface area contributed by atoms with E-state index in [1.54, 1.807) is 0 Å². The number of anilines is 1. The van der Waals surface area contributed by atoms with E-state index in [0.717, 1.165) is 16.8 Å². The fourth-order valence-electron chi connectivity index (χ4n) is 3.35. The Kier molecular flexibility index (Phi) is 7.79. The lowest BCUT2D eigenvalue weighted by Gasteiger charge is -2.31. The normalized spacial score (nSPS) is 11.0. The molecule has 0 bridgehead atoms. The third-order valence-electron chi connectivity index (χ3n) is 5.16. The van der Waals surface area contributed by atoms with Gasteiger partial charge in [-0.2, -0.15) is 5.10 Å². The molecule has 154 valence electrons. The van der Waals surface area contributed by atoms with Gasteiger partial charge in [0.25, 0.3) is 0 Å². The molecule has 8 heteroatoms. The van der Waals surface area contributed by atoms with Crippen molar-refractivity contribution in [3.63, 3.8) is 0 Å². The van der Waals surface area contributed by atoms with Gasteiger partial charge in [0.15, 0.2) is 5.82 Å². The topological polar surface area (TPSA) is 96.7 Å². The first-order chi connectivity index (χ1) is 13.5. The predicted octanol–water partition coefficient (Wildman–Crippen LogP) is 4.70. The smallest absolute Gasteiger partial charge is 0.235 e. The van der Waals surface area contributed by atoms with Crippen LogP contribution in [0.15, 0.2) is 48.5 Å². The van der Waals surface area contributed by atoms with Crippen LogP contribution in [0, 0.1) is 0 Å². The van der Waals surface area contributed by atoms with Gasteiger partial charge in [0, 0.05) is 16.3 Å². The number of halogens is 2.